The van der Waals surface area contributed by atoms with Crippen molar-refractivity contribution in [3.05, 3.63) is 30.3 Å². The first-order chi connectivity index (χ1) is 21.2. The van der Waals surface area contributed by atoms with E-state index in [9.17, 15) is 0 Å². The maximum atomic E-state index is 7.99. The molecule has 0 bridgehead atoms. The van der Waals surface area contributed by atoms with Crippen molar-refractivity contribution in [3.8, 4) is 0 Å². The van der Waals surface area contributed by atoms with Crippen LogP contribution >= 0.6 is 0 Å². The number of hydrogen-bond acceptors (Lipinski definition) is 4. The zero-order valence-electron chi connectivity index (χ0n) is 33.1. The molecule has 4 nitrogen and oxygen atoms in total. The first-order valence-electron chi connectivity index (χ1n) is 18.6. The molecule has 0 amide bonds. The monoisotopic (exact) mass is 758 g/mol. The minimum absolute atomic E-state index is 0.0331. The molecule has 46 heavy (non-hydrogen) atoms. The van der Waals surface area contributed by atoms with Crippen molar-refractivity contribution in [2.24, 2.45) is 0 Å². The third-order valence-corrected chi connectivity index (χ3v) is 32.3. The summed E-state index contributed by atoms with van der Waals surface area (Å²) < 4.78 is 32.1. The summed E-state index contributed by atoms with van der Waals surface area (Å²) in [5.41, 5.74) is 4.27. The van der Waals surface area contributed by atoms with Crippen LogP contribution in [-0.4, -0.2) is 69.8 Å². The molecule has 1 saturated heterocycles. The van der Waals surface area contributed by atoms with Gasteiger partial charge in [-0.2, -0.15) is 0 Å². The Labute approximate surface area is 295 Å². The van der Waals surface area contributed by atoms with E-state index in [2.05, 4.69) is 155 Å². The van der Waals surface area contributed by atoms with Gasteiger partial charge in [-0.05, 0) is 0 Å². The van der Waals surface area contributed by atoms with Crippen LogP contribution < -0.4 is 4.46 Å². The minimum atomic E-state index is -2.31. The van der Waals surface area contributed by atoms with Crippen molar-refractivity contribution in [2.75, 3.05) is 6.61 Å². The molecular weight excluding hydrogens is 684 g/mol. The molecule has 4 atom stereocenters. The number of ether oxygens (including phenoxy) is 1. The number of rotatable bonds is 17. The van der Waals surface area contributed by atoms with Crippen LogP contribution in [0.1, 0.15) is 125 Å². The van der Waals surface area contributed by atoms with Gasteiger partial charge in [0, 0.05) is 0 Å². The average Bonchev–Trinajstić information content (AvgIpc) is 2.93. The third kappa shape index (κ3) is 8.57. The standard InChI is InChI=1S/C38H74O4SeSi3/c1-25(2)44(26(3)4,27(5)6)40-35-24-39-38(43-34-22-20-19-21-23-34)37(42-46(31(13)14,32(15)16)33(17)18)36(35)41-45(28(7)8,29(9)10)30(11)12/h19-23,25-33,35-38H,24H2,1-18H3/t35-,36+,37-,38+/m1/s1. The molecule has 0 aliphatic carbocycles. The Hall–Kier alpha value is 0.230. The van der Waals surface area contributed by atoms with Crippen molar-refractivity contribution in [1.82, 2.24) is 0 Å². The van der Waals surface area contributed by atoms with Crippen LogP contribution in [0.15, 0.2) is 30.3 Å². The first-order valence-corrected chi connectivity index (χ1v) is 26.9. The van der Waals surface area contributed by atoms with Gasteiger partial charge in [-0.3, -0.25) is 0 Å². The van der Waals surface area contributed by atoms with Crippen molar-refractivity contribution in [3.63, 3.8) is 0 Å². The van der Waals surface area contributed by atoms with Crippen LogP contribution in [0, 0.1) is 0 Å². The van der Waals surface area contributed by atoms with E-state index in [0.29, 0.717) is 56.5 Å². The average molecular weight is 758 g/mol. The van der Waals surface area contributed by atoms with Crippen molar-refractivity contribution >= 4 is 44.4 Å². The van der Waals surface area contributed by atoms with Gasteiger partial charge in [0.2, 0.25) is 0 Å². The summed E-state index contributed by atoms with van der Waals surface area (Å²) >= 11 is 0.0734. The van der Waals surface area contributed by atoms with E-state index in [1.54, 1.807) is 0 Å². The fourth-order valence-corrected chi connectivity index (χ4v) is 28.9. The van der Waals surface area contributed by atoms with E-state index >= 15 is 0 Å². The van der Waals surface area contributed by atoms with Crippen molar-refractivity contribution in [2.45, 2.75) is 198 Å². The van der Waals surface area contributed by atoms with E-state index in [1.165, 1.54) is 4.46 Å². The molecule has 0 spiro atoms. The van der Waals surface area contributed by atoms with Gasteiger partial charge >= 0.3 is 297 Å². The van der Waals surface area contributed by atoms with E-state index in [4.69, 9.17) is 18.0 Å². The molecule has 268 valence electrons. The summed E-state index contributed by atoms with van der Waals surface area (Å²) in [6.07, 6.45) is -0.471. The van der Waals surface area contributed by atoms with E-state index in [1.807, 2.05) is 0 Å². The van der Waals surface area contributed by atoms with Crippen molar-refractivity contribution in [1.29, 1.82) is 0 Å². The molecule has 2 rings (SSSR count). The summed E-state index contributed by atoms with van der Waals surface area (Å²) in [6.45, 7) is 43.8. The molecular formula is C38H74O4SeSi3. The Morgan fingerprint density at radius 2 is 0.826 bits per heavy atom. The molecule has 0 aromatic heterocycles. The molecule has 0 radical (unpaired) electrons. The van der Waals surface area contributed by atoms with Gasteiger partial charge in [-0.25, -0.2) is 0 Å². The fraction of sp³-hybridized carbons (Fsp3) is 0.842. The van der Waals surface area contributed by atoms with E-state index in [0.717, 1.165) is 0 Å². The van der Waals surface area contributed by atoms with E-state index < -0.39 is 25.0 Å². The van der Waals surface area contributed by atoms with E-state index in [-0.39, 0.29) is 38.3 Å². The third-order valence-electron chi connectivity index (χ3n) is 11.5. The van der Waals surface area contributed by atoms with Crippen LogP contribution in [0.3, 0.4) is 0 Å². The molecule has 1 aromatic carbocycles. The molecule has 0 saturated carbocycles. The number of benzene rings is 1. The quantitative estimate of drug-likeness (QED) is 0.148. The molecule has 8 heteroatoms. The van der Waals surface area contributed by atoms with Gasteiger partial charge in [0.05, 0.1) is 0 Å². The molecule has 1 fully saturated rings. The normalized spacial score (nSPS) is 22.3. The molecule has 1 aliphatic heterocycles. The molecule has 1 aromatic rings. The van der Waals surface area contributed by atoms with Gasteiger partial charge in [0.15, 0.2) is 0 Å². The van der Waals surface area contributed by atoms with Gasteiger partial charge in [-0.1, -0.05) is 0 Å². The number of hydrogen-bond donors (Lipinski definition) is 0. The Kier molecular flexibility index (Phi) is 16.1. The second-order valence-corrected chi connectivity index (χ2v) is 35.6. The van der Waals surface area contributed by atoms with Crippen LogP contribution in [0.4, 0.5) is 0 Å². The predicted octanol–water partition coefficient (Wildman–Crippen LogP) is 11.1. The zero-order valence-corrected chi connectivity index (χ0v) is 37.9. The van der Waals surface area contributed by atoms with Gasteiger partial charge in [0.1, 0.15) is 0 Å². The van der Waals surface area contributed by atoms with Crippen LogP contribution in [-0.2, 0) is 18.0 Å². The van der Waals surface area contributed by atoms with Crippen LogP contribution in [0.5, 0.6) is 0 Å². The van der Waals surface area contributed by atoms with Crippen LogP contribution in [0.25, 0.3) is 0 Å². The summed E-state index contributed by atoms with van der Waals surface area (Å²) in [7, 11) is -6.86. The summed E-state index contributed by atoms with van der Waals surface area (Å²) in [5.74, 6) is 0. The van der Waals surface area contributed by atoms with Crippen molar-refractivity contribution < 1.29 is 18.0 Å². The van der Waals surface area contributed by atoms with Gasteiger partial charge < -0.3 is 0 Å². The molecule has 1 heterocycles. The Bertz CT molecular complexity index is 963. The second kappa shape index (κ2) is 17.4. The Morgan fingerprint density at radius 3 is 1.17 bits per heavy atom. The fourth-order valence-electron chi connectivity index (χ4n) is 9.81. The van der Waals surface area contributed by atoms with Crippen LogP contribution in [0.2, 0.25) is 49.9 Å². The summed E-state index contributed by atoms with van der Waals surface area (Å²) in [5, 5.41) is -0.0331. The topological polar surface area (TPSA) is 36.9 Å². The zero-order chi connectivity index (χ0) is 35.4. The SMILES string of the molecule is CC(C)[Si](O[C@@H]1[C@@H](O[Si](C(C)C)(C(C)C)C(C)C)[C@H]([Se]c2ccccc2)OC[C@H]1O[Si](C(C)C)(C(C)C)C(C)C)(C(C)C)C(C)C. The van der Waals surface area contributed by atoms with Gasteiger partial charge in [-0.15, -0.1) is 0 Å². The first kappa shape index (κ1) is 42.4. The molecule has 1 aliphatic rings. The second-order valence-electron chi connectivity index (χ2n) is 16.9. The maximum absolute atomic E-state index is 7.99. The molecule has 0 unspecified atom stereocenters. The summed E-state index contributed by atoms with van der Waals surface area (Å²) in [6, 6.07) is 11.0. The Morgan fingerprint density at radius 1 is 0.500 bits per heavy atom. The summed E-state index contributed by atoms with van der Waals surface area (Å²) in [4.78, 5) is 0. The molecule has 0 N–H and O–H groups in total. The Balaban J connectivity index is 2.93. The van der Waals surface area contributed by atoms with Gasteiger partial charge in [0.25, 0.3) is 0 Å². The predicted molar refractivity (Wildman–Crippen MR) is 209 cm³/mol.